The van der Waals surface area contributed by atoms with Crippen LogP contribution in [0.3, 0.4) is 0 Å². The average Bonchev–Trinajstić information content (AvgIpc) is 2.75. The molecule has 1 aliphatic carbocycles. The van der Waals surface area contributed by atoms with Gasteiger partial charge in [-0.3, -0.25) is 0 Å². The molecule has 0 amide bonds. The number of aliphatic hydroxyl groups excluding tert-OH is 1. The highest BCUT2D eigenvalue weighted by Crippen LogP contribution is 2.47. The molecule has 1 spiro atoms. The molecule has 2 saturated heterocycles. The van der Waals surface area contributed by atoms with E-state index in [1.807, 2.05) is 0 Å². The summed E-state index contributed by atoms with van der Waals surface area (Å²) in [5.74, 6) is 1.51. The number of fused-ring (bicyclic) bond motifs is 4. The zero-order chi connectivity index (χ0) is 19.0. The fraction of sp³-hybridized carbons (Fsp3) is 0.565. The standard InChI is InChI=1S/C23H30N4O/c28-14-7-17-5-12-27(13-6-17)22-25-16-18-15-23(8-10-24-11-9-23)20-4-2-1-3-19(20)21(18)26-22/h1-4,16-17,24,28H,5-15H2. The first-order valence-electron chi connectivity index (χ1n) is 10.8. The van der Waals surface area contributed by atoms with Gasteiger partial charge < -0.3 is 15.3 Å². The van der Waals surface area contributed by atoms with E-state index in [2.05, 4.69) is 40.7 Å². The Labute approximate surface area is 167 Å². The van der Waals surface area contributed by atoms with E-state index in [4.69, 9.17) is 9.97 Å². The van der Waals surface area contributed by atoms with Gasteiger partial charge >= 0.3 is 0 Å². The van der Waals surface area contributed by atoms with Crippen molar-refractivity contribution in [3.05, 3.63) is 41.6 Å². The summed E-state index contributed by atoms with van der Waals surface area (Å²) in [4.78, 5) is 12.2. The number of rotatable bonds is 3. The third-order valence-corrected chi connectivity index (χ3v) is 7.13. The van der Waals surface area contributed by atoms with Crippen LogP contribution in [-0.2, 0) is 11.8 Å². The zero-order valence-corrected chi connectivity index (χ0v) is 16.5. The summed E-state index contributed by atoms with van der Waals surface area (Å²) < 4.78 is 0. The summed E-state index contributed by atoms with van der Waals surface area (Å²) in [5.41, 5.74) is 5.48. The Morgan fingerprint density at radius 1 is 1.14 bits per heavy atom. The van der Waals surface area contributed by atoms with E-state index in [0.717, 1.165) is 63.5 Å². The molecular formula is C23H30N4O. The highest BCUT2D eigenvalue weighted by molar-refractivity contribution is 5.72. The number of benzene rings is 1. The minimum Gasteiger partial charge on any atom is -0.396 e. The topological polar surface area (TPSA) is 61.3 Å². The van der Waals surface area contributed by atoms with Crippen LogP contribution >= 0.6 is 0 Å². The van der Waals surface area contributed by atoms with Crippen LogP contribution in [0.1, 0.15) is 43.2 Å². The van der Waals surface area contributed by atoms with Crippen molar-refractivity contribution in [3.8, 4) is 11.3 Å². The van der Waals surface area contributed by atoms with Crippen molar-refractivity contribution < 1.29 is 5.11 Å². The summed E-state index contributed by atoms with van der Waals surface area (Å²) in [6.07, 6.45) is 8.68. The van der Waals surface area contributed by atoms with Crippen LogP contribution in [0.15, 0.2) is 30.5 Å². The molecule has 3 aliphatic rings. The highest BCUT2D eigenvalue weighted by atomic mass is 16.3. The molecular weight excluding hydrogens is 348 g/mol. The second-order valence-electron chi connectivity index (χ2n) is 8.74. The number of hydrogen-bond donors (Lipinski definition) is 2. The van der Waals surface area contributed by atoms with Crippen molar-refractivity contribution in [2.75, 3.05) is 37.7 Å². The Balaban J connectivity index is 1.46. The molecule has 5 rings (SSSR count). The Kier molecular flexibility index (Phi) is 4.81. The molecule has 2 N–H and O–H groups in total. The molecule has 0 radical (unpaired) electrons. The minimum absolute atomic E-state index is 0.238. The second kappa shape index (κ2) is 7.45. The fourth-order valence-corrected chi connectivity index (χ4v) is 5.48. The van der Waals surface area contributed by atoms with Crippen LogP contribution in [-0.4, -0.2) is 47.9 Å². The van der Waals surface area contributed by atoms with Gasteiger partial charge in [0.1, 0.15) is 0 Å². The van der Waals surface area contributed by atoms with Crippen LogP contribution < -0.4 is 10.2 Å². The molecule has 148 valence electrons. The van der Waals surface area contributed by atoms with Crippen molar-refractivity contribution in [2.24, 2.45) is 5.92 Å². The van der Waals surface area contributed by atoms with Crippen molar-refractivity contribution in [2.45, 2.75) is 43.9 Å². The number of nitrogens with zero attached hydrogens (tertiary/aromatic N) is 3. The molecule has 1 aromatic heterocycles. The van der Waals surface area contributed by atoms with E-state index in [9.17, 15) is 5.11 Å². The predicted octanol–water partition coefficient (Wildman–Crippen LogP) is 2.92. The van der Waals surface area contributed by atoms with Crippen molar-refractivity contribution in [1.82, 2.24) is 15.3 Å². The normalized spacial score (nSPS) is 21.4. The zero-order valence-electron chi connectivity index (χ0n) is 16.5. The van der Waals surface area contributed by atoms with Gasteiger partial charge in [-0.1, -0.05) is 24.3 Å². The van der Waals surface area contributed by atoms with Gasteiger partial charge in [0.25, 0.3) is 0 Å². The largest absolute Gasteiger partial charge is 0.396 e. The van der Waals surface area contributed by atoms with E-state index in [1.165, 1.54) is 29.5 Å². The van der Waals surface area contributed by atoms with E-state index in [-0.39, 0.29) is 5.41 Å². The molecule has 0 unspecified atom stereocenters. The average molecular weight is 379 g/mol. The third-order valence-electron chi connectivity index (χ3n) is 7.13. The van der Waals surface area contributed by atoms with Gasteiger partial charge in [-0.05, 0) is 68.7 Å². The number of aliphatic hydroxyl groups is 1. The molecule has 0 atom stereocenters. The molecule has 2 fully saturated rings. The van der Waals surface area contributed by atoms with Gasteiger partial charge in [0.2, 0.25) is 5.95 Å². The maximum atomic E-state index is 9.19. The number of hydrogen-bond acceptors (Lipinski definition) is 5. The minimum atomic E-state index is 0.238. The monoisotopic (exact) mass is 378 g/mol. The SMILES string of the molecule is OCCC1CCN(c2ncc3c(n2)-c2ccccc2C2(CCNCC2)C3)CC1. The summed E-state index contributed by atoms with van der Waals surface area (Å²) in [6, 6.07) is 8.90. The predicted molar refractivity (Wildman–Crippen MR) is 112 cm³/mol. The lowest BCUT2D eigenvalue weighted by molar-refractivity contribution is 0.240. The van der Waals surface area contributed by atoms with Crippen molar-refractivity contribution >= 4 is 5.95 Å². The first-order chi connectivity index (χ1) is 13.8. The summed E-state index contributed by atoms with van der Waals surface area (Å²) in [6.45, 7) is 4.45. The van der Waals surface area contributed by atoms with Crippen LogP contribution in [0.2, 0.25) is 0 Å². The smallest absolute Gasteiger partial charge is 0.225 e. The lowest BCUT2D eigenvalue weighted by Crippen LogP contribution is -2.43. The first kappa shape index (κ1) is 18.1. The van der Waals surface area contributed by atoms with E-state index >= 15 is 0 Å². The van der Waals surface area contributed by atoms with Crippen molar-refractivity contribution in [3.63, 3.8) is 0 Å². The lowest BCUT2D eigenvalue weighted by atomic mass is 9.64. The number of piperidine rings is 2. The lowest BCUT2D eigenvalue weighted by Gasteiger charge is -2.43. The third kappa shape index (κ3) is 3.11. The van der Waals surface area contributed by atoms with Gasteiger partial charge in [0.15, 0.2) is 0 Å². The number of nitrogens with one attached hydrogen (secondary N) is 1. The molecule has 2 aromatic rings. The number of anilines is 1. The van der Waals surface area contributed by atoms with Gasteiger partial charge in [0, 0.05) is 36.9 Å². The van der Waals surface area contributed by atoms with E-state index in [1.54, 1.807) is 0 Å². The fourth-order valence-electron chi connectivity index (χ4n) is 5.48. The molecule has 0 saturated carbocycles. The molecule has 28 heavy (non-hydrogen) atoms. The molecule has 1 aromatic carbocycles. The van der Waals surface area contributed by atoms with Crippen LogP contribution in [0, 0.1) is 5.92 Å². The quantitative estimate of drug-likeness (QED) is 0.860. The van der Waals surface area contributed by atoms with Gasteiger partial charge in [-0.25, -0.2) is 9.97 Å². The molecule has 0 bridgehead atoms. The van der Waals surface area contributed by atoms with Gasteiger partial charge in [0.05, 0.1) is 5.69 Å². The molecule has 5 nitrogen and oxygen atoms in total. The first-order valence-corrected chi connectivity index (χ1v) is 10.8. The summed E-state index contributed by atoms with van der Waals surface area (Å²) in [7, 11) is 0. The number of aromatic nitrogens is 2. The molecule has 3 heterocycles. The second-order valence-corrected chi connectivity index (χ2v) is 8.74. The highest BCUT2D eigenvalue weighted by Gasteiger charge is 2.40. The van der Waals surface area contributed by atoms with Gasteiger partial charge in [-0.15, -0.1) is 0 Å². The Bertz CT molecular complexity index is 838. The maximum absolute atomic E-state index is 9.19. The summed E-state index contributed by atoms with van der Waals surface area (Å²) in [5, 5.41) is 12.7. The van der Waals surface area contributed by atoms with Gasteiger partial charge in [-0.2, -0.15) is 0 Å². The molecule has 5 heteroatoms. The summed E-state index contributed by atoms with van der Waals surface area (Å²) >= 11 is 0. The maximum Gasteiger partial charge on any atom is 0.225 e. The van der Waals surface area contributed by atoms with E-state index in [0.29, 0.717) is 12.5 Å². The van der Waals surface area contributed by atoms with E-state index < -0.39 is 0 Å². The van der Waals surface area contributed by atoms with Crippen molar-refractivity contribution in [1.29, 1.82) is 0 Å². The van der Waals surface area contributed by atoms with Crippen LogP contribution in [0.5, 0.6) is 0 Å². The van der Waals surface area contributed by atoms with Crippen LogP contribution in [0.25, 0.3) is 11.3 Å². The molecule has 2 aliphatic heterocycles. The van der Waals surface area contributed by atoms with Crippen LogP contribution in [0.4, 0.5) is 5.95 Å². The Hall–Kier alpha value is -1.98. The Morgan fingerprint density at radius 3 is 2.71 bits per heavy atom. The Morgan fingerprint density at radius 2 is 1.93 bits per heavy atom.